The maximum atomic E-state index is 10.7. The van der Waals surface area contributed by atoms with Crippen LogP contribution in [0.3, 0.4) is 0 Å². The number of hydrogen-bond acceptors (Lipinski definition) is 4. The van der Waals surface area contributed by atoms with E-state index in [1.165, 1.54) is 0 Å². The molecule has 0 aliphatic heterocycles. The van der Waals surface area contributed by atoms with Crippen molar-refractivity contribution in [3.63, 3.8) is 0 Å². The summed E-state index contributed by atoms with van der Waals surface area (Å²) in [6.07, 6.45) is 2.86. The Morgan fingerprint density at radius 2 is 1.95 bits per heavy atom. The summed E-state index contributed by atoms with van der Waals surface area (Å²) in [7, 11) is 0. The van der Waals surface area contributed by atoms with Gasteiger partial charge in [0, 0.05) is 18.8 Å². The SMILES string of the molecule is [C-]#[N+]C(C=O)=Cc1ccc(N(CCC#N)CCC#N)cc1C. The minimum atomic E-state index is 0.0571. The van der Waals surface area contributed by atoms with E-state index in [4.69, 9.17) is 17.1 Å². The lowest BCUT2D eigenvalue weighted by atomic mass is 10.1. The van der Waals surface area contributed by atoms with Crippen LogP contribution in [0.15, 0.2) is 23.9 Å². The number of anilines is 1. The second kappa shape index (κ2) is 8.95. The molecule has 1 aromatic rings. The van der Waals surface area contributed by atoms with Gasteiger partial charge in [0.1, 0.15) is 6.29 Å². The van der Waals surface area contributed by atoms with Crippen LogP contribution in [0.4, 0.5) is 5.69 Å². The number of hydrogen-bond donors (Lipinski definition) is 0. The monoisotopic (exact) mass is 292 g/mol. The first kappa shape index (κ1) is 17.0. The minimum absolute atomic E-state index is 0.0571. The first-order chi connectivity index (χ1) is 10.7. The second-order valence-electron chi connectivity index (χ2n) is 4.64. The summed E-state index contributed by atoms with van der Waals surface area (Å²) in [5.41, 5.74) is 2.72. The van der Waals surface area contributed by atoms with Crippen LogP contribution in [-0.2, 0) is 4.79 Å². The molecule has 22 heavy (non-hydrogen) atoms. The quantitative estimate of drug-likeness (QED) is 0.440. The number of carbonyl (C=O) groups excluding carboxylic acids is 1. The number of allylic oxidation sites excluding steroid dienone is 1. The van der Waals surface area contributed by atoms with Crippen LogP contribution in [0, 0.1) is 36.2 Å². The first-order valence-corrected chi connectivity index (χ1v) is 6.80. The Hall–Kier alpha value is -3.10. The van der Waals surface area contributed by atoms with Gasteiger partial charge in [-0.05, 0) is 36.3 Å². The first-order valence-electron chi connectivity index (χ1n) is 6.80. The van der Waals surface area contributed by atoms with E-state index in [0.29, 0.717) is 32.2 Å². The highest BCUT2D eigenvalue weighted by molar-refractivity contribution is 5.84. The largest absolute Gasteiger partial charge is 0.369 e. The topological polar surface area (TPSA) is 72.2 Å². The predicted molar refractivity (Wildman–Crippen MR) is 84.5 cm³/mol. The van der Waals surface area contributed by atoms with E-state index in [9.17, 15) is 4.79 Å². The summed E-state index contributed by atoms with van der Waals surface area (Å²) in [6, 6.07) is 9.86. The molecule has 0 radical (unpaired) electrons. The fourth-order valence-electron chi connectivity index (χ4n) is 2.01. The lowest BCUT2D eigenvalue weighted by Crippen LogP contribution is -2.25. The molecule has 0 atom stereocenters. The number of nitrogens with zero attached hydrogens (tertiary/aromatic N) is 4. The number of nitriles is 2. The van der Waals surface area contributed by atoms with Gasteiger partial charge in [-0.25, -0.2) is 4.85 Å². The lowest BCUT2D eigenvalue weighted by Gasteiger charge is -2.23. The van der Waals surface area contributed by atoms with E-state index < -0.39 is 0 Å². The van der Waals surface area contributed by atoms with Gasteiger partial charge in [0.15, 0.2) is 0 Å². The molecule has 0 unspecified atom stereocenters. The average molecular weight is 292 g/mol. The third-order valence-electron chi connectivity index (χ3n) is 3.16. The molecule has 110 valence electrons. The molecular formula is C17H16N4O. The lowest BCUT2D eigenvalue weighted by molar-refractivity contribution is -0.104. The summed E-state index contributed by atoms with van der Waals surface area (Å²) < 4.78 is 0. The zero-order valence-electron chi connectivity index (χ0n) is 12.4. The van der Waals surface area contributed by atoms with Gasteiger partial charge < -0.3 is 9.69 Å². The van der Waals surface area contributed by atoms with Crippen LogP contribution in [0.2, 0.25) is 0 Å². The second-order valence-corrected chi connectivity index (χ2v) is 4.64. The molecule has 0 aliphatic carbocycles. The van der Waals surface area contributed by atoms with Crippen molar-refractivity contribution in [3.8, 4) is 12.1 Å². The van der Waals surface area contributed by atoms with Crippen molar-refractivity contribution in [2.24, 2.45) is 0 Å². The Bertz CT molecular complexity index is 668. The van der Waals surface area contributed by atoms with Gasteiger partial charge in [-0.3, -0.25) is 0 Å². The molecule has 1 aromatic carbocycles. The van der Waals surface area contributed by atoms with Crippen LogP contribution in [0.5, 0.6) is 0 Å². The van der Waals surface area contributed by atoms with E-state index in [2.05, 4.69) is 17.0 Å². The van der Waals surface area contributed by atoms with Gasteiger partial charge in [0.25, 0.3) is 0 Å². The summed E-state index contributed by atoms with van der Waals surface area (Å²) >= 11 is 0. The molecule has 0 aliphatic rings. The smallest absolute Gasteiger partial charge is 0.226 e. The predicted octanol–water partition coefficient (Wildman–Crippen LogP) is 3.09. The van der Waals surface area contributed by atoms with Crippen LogP contribution in [0.25, 0.3) is 10.9 Å². The Labute approximate surface area is 130 Å². The highest BCUT2D eigenvalue weighted by Crippen LogP contribution is 2.21. The standard InChI is InChI=1S/C17H16N4O/c1-14-11-17(21(9-3-7-18)10-4-8-19)6-5-15(14)12-16(13-22)20-2/h5-6,11-13H,3-4,9-10H2,1H3. The fourth-order valence-corrected chi connectivity index (χ4v) is 2.01. The minimum Gasteiger partial charge on any atom is -0.369 e. The number of aldehydes is 1. The average Bonchev–Trinajstić information content (AvgIpc) is 2.54. The van der Waals surface area contributed by atoms with Crippen molar-refractivity contribution >= 4 is 18.0 Å². The fraction of sp³-hybridized carbons (Fsp3) is 0.294. The van der Waals surface area contributed by atoms with Crippen molar-refractivity contribution in [1.82, 2.24) is 0 Å². The maximum Gasteiger partial charge on any atom is 0.226 e. The van der Waals surface area contributed by atoms with Gasteiger partial charge >= 0.3 is 0 Å². The van der Waals surface area contributed by atoms with Crippen LogP contribution in [-0.4, -0.2) is 19.4 Å². The van der Waals surface area contributed by atoms with E-state index in [0.717, 1.165) is 16.8 Å². The zero-order valence-corrected chi connectivity index (χ0v) is 12.4. The molecule has 0 aromatic heterocycles. The molecule has 5 heteroatoms. The molecule has 0 heterocycles. The molecule has 0 amide bonds. The van der Waals surface area contributed by atoms with Gasteiger partial charge in [0.05, 0.1) is 31.6 Å². The van der Waals surface area contributed by atoms with Crippen molar-refractivity contribution < 1.29 is 4.79 Å². The molecule has 0 N–H and O–H groups in total. The maximum absolute atomic E-state index is 10.7. The van der Waals surface area contributed by atoms with Crippen molar-refractivity contribution in [2.75, 3.05) is 18.0 Å². The van der Waals surface area contributed by atoms with Crippen LogP contribution < -0.4 is 4.90 Å². The number of benzene rings is 1. The van der Waals surface area contributed by atoms with E-state index in [1.54, 1.807) is 6.08 Å². The molecular weight excluding hydrogens is 276 g/mol. The molecule has 0 fully saturated rings. The molecule has 0 saturated heterocycles. The molecule has 5 nitrogen and oxygen atoms in total. The van der Waals surface area contributed by atoms with Crippen LogP contribution >= 0.6 is 0 Å². The highest BCUT2D eigenvalue weighted by atomic mass is 16.1. The molecule has 0 bridgehead atoms. The molecule has 1 rings (SSSR count). The molecule has 0 spiro atoms. The number of carbonyl (C=O) groups is 1. The number of aryl methyl sites for hydroxylation is 1. The van der Waals surface area contributed by atoms with Crippen molar-refractivity contribution in [1.29, 1.82) is 10.5 Å². The summed E-state index contributed by atoms with van der Waals surface area (Å²) in [5, 5.41) is 17.5. The Morgan fingerprint density at radius 1 is 1.32 bits per heavy atom. The third kappa shape index (κ3) is 4.78. The Morgan fingerprint density at radius 3 is 2.41 bits per heavy atom. The Balaban J connectivity index is 3.06. The van der Waals surface area contributed by atoms with Crippen molar-refractivity contribution in [3.05, 3.63) is 46.4 Å². The highest BCUT2D eigenvalue weighted by Gasteiger charge is 2.08. The zero-order chi connectivity index (χ0) is 16.4. The van der Waals surface area contributed by atoms with E-state index in [1.807, 2.05) is 30.0 Å². The van der Waals surface area contributed by atoms with E-state index in [-0.39, 0.29) is 5.70 Å². The normalized spacial score (nSPS) is 10.2. The van der Waals surface area contributed by atoms with Crippen LogP contribution in [0.1, 0.15) is 24.0 Å². The summed E-state index contributed by atoms with van der Waals surface area (Å²) in [5.74, 6) is 0. The summed E-state index contributed by atoms with van der Waals surface area (Å²) in [4.78, 5) is 15.8. The van der Waals surface area contributed by atoms with E-state index >= 15 is 0 Å². The van der Waals surface area contributed by atoms with Gasteiger partial charge in [-0.2, -0.15) is 10.5 Å². The third-order valence-corrected chi connectivity index (χ3v) is 3.16. The Kier molecular flexibility index (Phi) is 6.90. The molecule has 0 saturated carbocycles. The number of rotatable bonds is 7. The van der Waals surface area contributed by atoms with Gasteiger partial charge in [-0.1, -0.05) is 6.07 Å². The van der Waals surface area contributed by atoms with Gasteiger partial charge in [0.2, 0.25) is 5.70 Å². The van der Waals surface area contributed by atoms with Crippen molar-refractivity contribution in [2.45, 2.75) is 19.8 Å². The van der Waals surface area contributed by atoms with Gasteiger partial charge in [-0.15, -0.1) is 0 Å². The summed E-state index contributed by atoms with van der Waals surface area (Å²) in [6.45, 7) is 9.92.